The lowest BCUT2D eigenvalue weighted by atomic mass is 10.2. The topological polar surface area (TPSA) is 83.7 Å². The van der Waals surface area contributed by atoms with E-state index in [1.165, 1.54) is 0 Å². The Balaban J connectivity index is 1.59. The van der Waals surface area contributed by atoms with Gasteiger partial charge in [-0.2, -0.15) is 4.98 Å². The molecule has 9 heteroatoms. The SMILES string of the molecule is COc1ccc(Cl)cc1CNC(=O)CN1CCCC1c1nc(N(C)C)no1. The Bertz CT molecular complexity index is 795. The van der Waals surface area contributed by atoms with Gasteiger partial charge < -0.3 is 19.5 Å². The van der Waals surface area contributed by atoms with Crippen LogP contribution in [0.4, 0.5) is 5.95 Å². The van der Waals surface area contributed by atoms with Crippen LogP contribution in [0, 0.1) is 0 Å². The summed E-state index contributed by atoms with van der Waals surface area (Å²) >= 11 is 6.03. The molecule has 0 aliphatic carbocycles. The van der Waals surface area contributed by atoms with Crippen molar-refractivity contribution in [3.63, 3.8) is 0 Å². The van der Waals surface area contributed by atoms with Crippen molar-refractivity contribution < 1.29 is 14.1 Å². The highest BCUT2D eigenvalue weighted by molar-refractivity contribution is 6.30. The summed E-state index contributed by atoms with van der Waals surface area (Å²) in [7, 11) is 5.31. The molecule has 2 aromatic rings. The molecule has 0 radical (unpaired) electrons. The van der Waals surface area contributed by atoms with E-state index < -0.39 is 0 Å². The monoisotopic (exact) mass is 393 g/mol. The number of rotatable bonds is 7. The number of halogens is 1. The van der Waals surface area contributed by atoms with Crippen LogP contribution in [0.5, 0.6) is 5.75 Å². The summed E-state index contributed by atoms with van der Waals surface area (Å²) < 4.78 is 10.7. The number of aromatic nitrogens is 2. The summed E-state index contributed by atoms with van der Waals surface area (Å²) in [6, 6.07) is 5.31. The third-order valence-corrected chi connectivity index (χ3v) is 4.78. The number of nitrogens with one attached hydrogen (secondary N) is 1. The van der Waals surface area contributed by atoms with Crippen LogP contribution >= 0.6 is 11.6 Å². The number of carbonyl (C=O) groups is 1. The minimum atomic E-state index is -0.0729. The molecule has 1 atom stereocenters. The van der Waals surface area contributed by atoms with Crippen molar-refractivity contribution in [1.82, 2.24) is 20.4 Å². The summed E-state index contributed by atoms with van der Waals surface area (Å²) in [5, 5.41) is 7.50. The molecule has 8 nitrogen and oxygen atoms in total. The van der Waals surface area contributed by atoms with Crippen LogP contribution in [-0.4, -0.2) is 55.2 Å². The van der Waals surface area contributed by atoms with E-state index >= 15 is 0 Å². The molecule has 3 rings (SSSR count). The summed E-state index contributed by atoms with van der Waals surface area (Å²) in [5.74, 6) is 1.71. The van der Waals surface area contributed by atoms with Gasteiger partial charge in [0.05, 0.1) is 19.7 Å². The van der Waals surface area contributed by atoms with E-state index in [2.05, 4.69) is 20.4 Å². The summed E-state index contributed by atoms with van der Waals surface area (Å²) in [5.41, 5.74) is 0.837. The molecule has 1 saturated heterocycles. The molecule has 1 amide bonds. The Kier molecular flexibility index (Phi) is 6.18. The van der Waals surface area contributed by atoms with Crippen molar-refractivity contribution in [3.8, 4) is 5.75 Å². The molecule has 1 aliphatic heterocycles. The zero-order chi connectivity index (χ0) is 19.4. The third kappa shape index (κ3) is 4.70. The average molecular weight is 394 g/mol. The van der Waals surface area contributed by atoms with E-state index in [0.717, 1.165) is 24.9 Å². The van der Waals surface area contributed by atoms with Crippen LogP contribution in [0.2, 0.25) is 5.02 Å². The maximum atomic E-state index is 12.4. The number of hydrogen-bond acceptors (Lipinski definition) is 7. The quantitative estimate of drug-likeness (QED) is 0.772. The van der Waals surface area contributed by atoms with Crippen LogP contribution in [-0.2, 0) is 11.3 Å². The molecule has 27 heavy (non-hydrogen) atoms. The van der Waals surface area contributed by atoms with Gasteiger partial charge in [0.2, 0.25) is 11.8 Å². The molecule has 2 heterocycles. The van der Waals surface area contributed by atoms with Crippen molar-refractivity contribution in [1.29, 1.82) is 0 Å². The maximum Gasteiger partial charge on any atom is 0.265 e. The van der Waals surface area contributed by atoms with E-state index in [-0.39, 0.29) is 18.5 Å². The number of nitrogens with zero attached hydrogens (tertiary/aromatic N) is 4. The Labute approximate surface area is 163 Å². The Morgan fingerprint density at radius 2 is 2.30 bits per heavy atom. The van der Waals surface area contributed by atoms with Gasteiger partial charge in [-0.15, -0.1) is 0 Å². The lowest BCUT2D eigenvalue weighted by Gasteiger charge is -2.21. The largest absolute Gasteiger partial charge is 0.496 e. The zero-order valence-corrected chi connectivity index (χ0v) is 16.5. The predicted octanol–water partition coefficient (Wildman–Crippen LogP) is 2.25. The number of hydrogen-bond donors (Lipinski definition) is 1. The normalized spacial score (nSPS) is 17.1. The lowest BCUT2D eigenvalue weighted by molar-refractivity contribution is -0.122. The summed E-state index contributed by atoms with van der Waals surface area (Å²) in [4.78, 5) is 20.7. The lowest BCUT2D eigenvalue weighted by Crippen LogP contribution is -2.36. The van der Waals surface area contributed by atoms with Crippen molar-refractivity contribution in [2.75, 3.05) is 39.2 Å². The van der Waals surface area contributed by atoms with Gasteiger partial charge in [0.25, 0.3) is 5.95 Å². The van der Waals surface area contributed by atoms with Gasteiger partial charge in [-0.1, -0.05) is 11.6 Å². The van der Waals surface area contributed by atoms with Crippen molar-refractivity contribution in [2.45, 2.75) is 25.4 Å². The predicted molar refractivity (Wildman–Crippen MR) is 102 cm³/mol. The Morgan fingerprint density at radius 3 is 3.00 bits per heavy atom. The van der Waals surface area contributed by atoms with Crippen LogP contribution in [0.3, 0.4) is 0 Å². The summed E-state index contributed by atoms with van der Waals surface area (Å²) in [6.45, 7) is 1.44. The minimum absolute atomic E-state index is 0.0299. The van der Waals surface area contributed by atoms with E-state index in [4.69, 9.17) is 20.9 Å². The molecule has 1 N–H and O–H groups in total. The fourth-order valence-corrected chi connectivity index (χ4v) is 3.35. The molecule has 1 unspecified atom stereocenters. The van der Waals surface area contributed by atoms with Crippen molar-refractivity contribution >= 4 is 23.5 Å². The molecule has 1 aromatic carbocycles. The molecule has 1 aliphatic rings. The second kappa shape index (κ2) is 8.58. The van der Waals surface area contributed by atoms with Gasteiger partial charge >= 0.3 is 0 Å². The molecular weight excluding hydrogens is 370 g/mol. The first-order valence-electron chi connectivity index (χ1n) is 8.82. The third-order valence-electron chi connectivity index (χ3n) is 4.54. The number of anilines is 1. The van der Waals surface area contributed by atoms with Crippen LogP contribution in [0.25, 0.3) is 0 Å². The number of likely N-dealkylation sites (tertiary alicyclic amines) is 1. The second-order valence-corrected chi connectivity index (χ2v) is 7.12. The highest BCUT2D eigenvalue weighted by Gasteiger charge is 2.32. The Hall–Kier alpha value is -2.32. The summed E-state index contributed by atoms with van der Waals surface area (Å²) in [6.07, 6.45) is 1.88. The maximum absolute atomic E-state index is 12.4. The van der Waals surface area contributed by atoms with E-state index in [1.807, 2.05) is 14.1 Å². The standard InChI is InChI=1S/C18H24ClN5O3/c1-23(2)18-21-17(27-22-18)14-5-4-8-24(14)11-16(25)20-10-12-9-13(19)6-7-15(12)26-3/h6-7,9,14H,4-5,8,10-11H2,1-3H3,(H,20,25). The van der Waals surface area contributed by atoms with Gasteiger partial charge in [0.15, 0.2) is 0 Å². The second-order valence-electron chi connectivity index (χ2n) is 6.69. The van der Waals surface area contributed by atoms with Crippen LogP contribution < -0.4 is 15.0 Å². The Morgan fingerprint density at radius 1 is 1.48 bits per heavy atom. The van der Waals surface area contributed by atoms with E-state index in [1.54, 1.807) is 30.2 Å². The highest BCUT2D eigenvalue weighted by Crippen LogP contribution is 2.31. The minimum Gasteiger partial charge on any atom is -0.496 e. The molecule has 0 bridgehead atoms. The fourth-order valence-electron chi connectivity index (χ4n) is 3.16. The first-order chi connectivity index (χ1) is 13.0. The highest BCUT2D eigenvalue weighted by atomic mass is 35.5. The van der Waals surface area contributed by atoms with Crippen LogP contribution in [0.1, 0.15) is 30.3 Å². The first-order valence-corrected chi connectivity index (χ1v) is 9.20. The van der Waals surface area contributed by atoms with Crippen LogP contribution in [0.15, 0.2) is 22.7 Å². The van der Waals surface area contributed by atoms with Gasteiger partial charge in [-0.3, -0.25) is 9.69 Å². The number of benzene rings is 1. The molecular formula is C18H24ClN5O3. The molecule has 1 fully saturated rings. The van der Waals surface area contributed by atoms with Gasteiger partial charge in [0.1, 0.15) is 5.75 Å². The number of carbonyl (C=O) groups excluding carboxylic acids is 1. The van der Waals surface area contributed by atoms with Crippen molar-refractivity contribution in [2.24, 2.45) is 0 Å². The molecule has 1 aromatic heterocycles. The molecule has 0 spiro atoms. The fraction of sp³-hybridized carbons (Fsp3) is 0.500. The average Bonchev–Trinajstić information content (AvgIpc) is 3.29. The zero-order valence-electron chi connectivity index (χ0n) is 15.7. The van der Waals surface area contributed by atoms with E-state index in [0.29, 0.717) is 29.2 Å². The van der Waals surface area contributed by atoms with Crippen molar-refractivity contribution in [3.05, 3.63) is 34.7 Å². The number of ether oxygens (including phenoxy) is 1. The number of amides is 1. The van der Waals surface area contributed by atoms with Gasteiger partial charge in [0, 0.05) is 31.2 Å². The first kappa shape index (κ1) is 19.4. The molecule has 146 valence electrons. The number of methoxy groups -OCH3 is 1. The van der Waals surface area contributed by atoms with E-state index in [9.17, 15) is 4.79 Å². The smallest absolute Gasteiger partial charge is 0.265 e. The van der Waals surface area contributed by atoms with Gasteiger partial charge in [-0.05, 0) is 42.7 Å². The van der Waals surface area contributed by atoms with Gasteiger partial charge in [-0.25, -0.2) is 0 Å². The molecule has 0 saturated carbocycles.